The molecule has 8 nitrogen and oxygen atoms in total. The van der Waals surface area contributed by atoms with E-state index in [9.17, 15) is 19.8 Å². The number of rotatable bonds is 10. The third-order valence-corrected chi connectivity index (χ3v) is 10.8. The van der Waals surface area contributed by atoms with Gasteiger partial charge in [-0.25, -0.2) is 9.59 Å². The number of nitrogens with zero attached hydrogens (tertiary/aromatic N) is 2. The normalized spacial score (nSPS) is 22.1. The Bertz CT molecular complexity index is 1520. The molecule has 8 heteroatoms. The summed E-state index contributed by atoms with van der Waals surface area (Å²) < 4.78 is 0. The van der Waals surface area contributed by atoms with Gasteiger partial charge in [-0.3, -0.25) is 9.68 Å². The zero-order valence-corrected chi connectivity index (χ0v) is 31.5. The van der Waals surface area contributed by atoms with Gasteiger partial charge in [-0.1, -0.05) is 60.7 Å². The van der Waals surface area contributed by atoms with E-state index >= 15 is 0 Å². The van der Waals surface area contributed by atoms with E-state index in [1.807, 2.05) is 50.2 Å². The van der Waals surface area contributed by atoms with Crippen LogP contribution in [0.1, 0.15) is 162 Å². The molecule has 2 fully saturated rings. The van der Waals surface area contributed by atoms with Crippen molar-refractivity contribution in [3.05, 3.63) is 106 Å². The molecule has 3 aromatic rings. The van der Waals surface area contributed by atoms with E-state index in [1.54, 1.807) is 0 Å². The fourth-order valence-electron chi connectivity index (χ4n) is 9.28. The summed E-state index contributed by atoms with van der Waals surface area (Å²) in [5.74, 6) is -2.51. The zero-order chi connectivity index (χ0) is 36.8. The number of carboxylic acid groups (broad SMARTS) is 2. The van der Waals surface area contributed by atoms with Gasteiger partial charge in [0.2, 0.25) is 0 Å². The Morgan fingerprint density at radius 2 is 0.840 bits per heavy atom. The van der Waals surface area contributed by atoms with Gasteiger partial charge in [0.05, 0.1) is 11.1 Å². The molecule has 2 N–H and O–H groups in total. The Kier molecular flexibility index (Phi) is 10.5. The molecule has 50 heavy (non-hydrogen) atoms. The van der Waals surface area contributed by atoms with Gasteiger partial charge in [-0.05, 0) is 141 Å². The lowest BCUT2D eigenvalue weighted by Gasteiger charge is -2.56. The van der Waals surface area contributed by atoms with Crippen LogP contribution in [0, 0.1) is 0 Å². The van der Waals surface area contributed by atoms with Gasteiger partial charge in [-0.2, -0.15) is 10.1 Å². The molecule has 2 heterocycles. The molecule has 0 saturated carbocycles. The summed E-state index contributed by atoms with van der Waals surface area (Å²) in [6.07, 6.45) is 2.01. The van der Waals surface area contributed by atoms with Crippen molar-refractivity contribution in [1.29, 1.82) is 0 Å². The van der Waals surface area contributed by atoms with Crippen molar-refractivity contribution in [2.45, 2.75) is 141 Å². The number of hydroxylamine groups is 4. The van der Waals surface area contributed by atoms with Crippen LogP contribution < -0.4 is 0 Å². The summed E-state index contributed by atoms with van der Waals surface area (Å²) >= 11 is 0. The lowest BCUT2D eigenvalue weighted by Crippen LogP contribution is -2.61. The van der Waals surface area contributed by atoms with E-state index < -0.39 is 34.1 Å². The Hall–Kier alpha value is -3.56. The summed E-state index contributed by atoms with van der Waals surface area (Å²) in [5, 5.41) is 25.5. The largest absolute Gasteiger partial charge is 0.478 e. The van der Waals surface area contributed by atoms with E-state index in [1.165, 1.54) is 12.1 Å². The third-order valence-electron chi connectivity index (χ3n) is 10.8. The monoisotopic (exact) mass is 684 g/mol. The van der Waals surface area contributed by atoms with Crippen molar-refractivity contribution in [2.24, 2.45) is 0 Å². The highest BCUT2D eigenvalue weighted by Crippen LogP contribution is 2.53. The number of benzene rings is 3. The van der Waals surface area contributed by atoms with Crippen LogP contribution in [0.25, 0.3) is 0 Å². The van der Waals surface area contributed by atoms with Gasteiger partial charge < -0.3 is 10.2 Å². The third kappa shape index (κ3) is 7.54. The van der Waals surface area contributed by atoms with Crippen molar-refractivity contribution < 1.29 is 29.5 Å². The molecule has 270 valence electrons. The maximum absolute atomic E-state index is 13.0. The maximum atomic E-state index is 13.0. The minimum absolute atomic E-state index is 0.181. The van der Waals surface area contributed by atoms with Crippen molar-refractivity contribution >= 4 is 11.9 Å². The molecule has 0 radical (unpaired) electrons. The van der Waals surface area contributed by atoms with Crippen molar-refractivity contribution in [3.8, 4) is 0 Å². The lowest BCUT2D eigenvalue weighted by molar-refractivity contribution is -0.307. The second-order valence-electron chi connectivity index (χ2n) is 17.0. The first kappa shape index (κ1) is 37.7. The predicted octanol–water partition coefficient (Wildman–Crippen LogP) is 9.94. The van der Waals surface area contributed by atoms with E-state index in [4.69, 9.17) is 9.68 Å². The summed E-state index contributed by atoms with van der Waals surface area (Å²) in [6, 6.07) is 23.2. The molecule has 0 amide bonds. The number of hydrogen-bond acceptors (Lipinski definition) is 6. The fourth-order valence-corrected chi connectivity index (χ4v) is 9.28. The molecule has 2 unspecified atom stereocenters. The molecule has 2 aliphatic heterocycles. The van der Waals surface area contributed by atoms with Gasteiger partial charge >= 0.3 is 11.9 Å². The van der Waals surface area contributed by atoms with Crippen LogP contribution >= 0.6 is 0 Å². The standard InChI is InChI=1S/C42H56N2O6/c1-27(29-17-13-11-14-18-29)49-43-39(3,4)23-31(24-40(43,5)6)35-33(37(45)46)21-22-34(38(47)48)36(35)32-25-41(7,8)44(42(9,10)26-32)50-28(2)30-19-15-12-16-20-30/h11-22,27-28,31-32H,23-26H2,1-10H3,(H,45,46)(H,47,48). The van der Waals surface area contributed by atoms with Crippen LogP contribution in [0.15, 0.2) is 72.8 Å². The molecule has 5 rings (SSSR count). The molecule has 0 spiro atoms. The number of carboxylic acids is 2. The maximum Gasteiger partial charge on any atom is 0.335 e. The minimum atomic E-state index is -1.04. The molecule has 0 aliphatic carbocycles. The molecule has 3 aromatic carbocycles. The number of hydrogen-bond donors (Lipinski definition) is 2. The SMILES string of the molecule is CC(ON1C(C)(C)CC(c2c(C(=O)O)ccc(C(=O)O)c2C2CC(C)(C)N(OC(C)c3ccccc3)C(C)(C)C2)CC1(C)C)c1ccccc1. The zero-order valence-electron chi connectivity index (χ0n) is 31.5. The Labute approximate surface area is 298 Å². The summed E-state index contributed by atoms with van der Waals surface area (Å²) in [6.45, 7) is 21.2. The van der Waals surface area contributed by atoms with Crippen LogP contribution in [-0.2, 0) is 9.68 Å². The van der Waals surface area contributed by atoms with E-state index in [-0.39, 0.29) is 35.2 Å². The molecular formula is C42H56N2O6. The second kappa shape index (κ2) is 13.9. The first-order chi connectivity index (χ1) is 23.2. The predicted molar refractivity (Wildman–Crippen MR) is 196 cm³/mol. The van der Waals surface area contributed by atoms with Crippen LogP contribution in [0.3, 0.4) is 0 Å². The highest BCUT2D eigenvalue weighted by atomic mass is 16.7. The highest BCUT2D eigenvalue weighted by Gasteiger charge is 2.52. The topological polar surface area (TPSA) is 99.5 Å². The molecule has 0 bridgehead atoms. The van der Waals surface area contributed by atoms with Gasteiger partial charge in [-0.15, -0.1) is 0 Å². The van der Waals surface area contributed by atoms with Crippen LogP contribution in [0.5, 0.6) is 0 Å². The minimum Gasteiger partial charge on any atom is -0.478 e. The van der Waals surface area contributed by atoms with E-state index in [2.05, 4.69) is 89.8 Å². The highest BCUT2D eigenvalue weighted by molar-refractivity contribution is 5.95. The number of piperidine rings is 2. The van der Waals surface area contributed by atoms with Crippen molar-refractivity contribution in [1.82, 2.24) is 10.1 Å². The quantitative estimate of drug-likeness (QED) is 0.218. The Morgan fingerprint density at radius 1 is 0.560 bits per heavy atom. The van der Waals surface area contributed by atoms with Gasteiger partial charge in [0.15, 0.2) is 0 Å². The Balaban J connectivity index is 1.55. The average Bonchev–Trinajstić information content (AvgIpc) is 3.03. The van der Waals surface area contributed by atoms with E-state index in [0.717, 1.165) is 11.1 Å². The summed E-state index contributed by atoms with van der Waals surface area (Å²) in [5.41, 5.74) is 1.83. The van der Waals surface area contributed by atoms with Gasteiger partial charge in [0, 0.05) is 22.2 Å². The van der Waals surface area contributed by atoms with Gasteiger partial charge in [0.25, 0.3) is 0 Å². The Morgan fingerprint density at radius 3 is 1.10 bits per heavy atom. The van der Waals surface area contributed by atoms with E-state index in [0.29, 0.717) is 36.8 Å². The van der Waals surface area contributed by atoms with Crippen molar-refractivity contribution in [2.75, 3.05) is 0 Å². The number of aromatic carboxylic acids is 2. The van der Waals surface area contributed by atoms with Crippen LogP contribution in [-0.4, -0.2) is 54.4 Å². The summed E-state index contributed by atoms with van der Waals surface area (Å²) in [7, 11) is 0. The van der Waals surface area contributed by atoms with Gasteiger partial charge in [0.1, 0.15) is 12.2 Å². The average molecular weight is 685 g/mol. The van der Waals surface area contributed by atoms with Crippen LogP contribution in [0.4, 0.5) is 0 Å². The first-order valence-corrected chi connectivity index (χ1v) is 17.9. The molecule has 2 aliphatic rings. The van der Waals surface area contributed by atoms with Crippen molar-refractivity contribution in [3.63, 3.8) is 0 Å². The summed E-state index contributed by atoms with van der Waals surface area (Å²) in [4.78, 5) is 39.5. The lowest BCUT2D eigenvalue weighted by atomic mass is 9.65. The second-order valence-corrected chi connectivity index (χ2v) is 17.0. The molecule has 0 aromatic heterocycles. The molecule has 2 saturated heterocycles. The smallest absolute Gasteiger partial charge is 0.335 e. The number of carbonyl (C=O) groups is 2. The fraction of sp³-hybridized carbons (Fsp3) is 0.524. The molecular weight excluding hydrogens is 628 g/mol. The molecule has 2 atom stereocenters. The first-order valence-electron chi connectivity index (χ1n) is 17.9. The van der Waals surface area contributed by atoms with Crippen LogP contribution in [0.2, 0.25) is 0 Å².